The first-order valence-corrected chi connectivity index (χ1v) is 13.3. The standard InChI is InChI=1S/C25H28Cl2N4O2S/c1-17-3-2-4-18(13-17)16-34-12-9-28-25(32)19-7-10-31(11-8-19)15-23-29-24(30-33-23)21-6-5-20(26)14-22(21)27/h2-6,13-14,19H,7-12,15-16H2,1H3,(H,28,32). The maximum atomic E-state index is 12.6. The molecule has 1 saturated heterocycles. The number of carbonyl (C=O) groups is 1. The fourth-order valence-electron chi connectivity index (χ4n) is 4.03. The minimum absolute atomic E-state index is 0.0594. The highest BCUT2D eigenvalue weighted by Crippen LogP contribution is 2.28. The molecule has 1 aromatic heterocycles. The second-order valence-electron chi connectivity index (χ2n) is 8.52. The Morgan fingerprint density at radius 3 is 2.79 bits per heavy atom. The van der Waals surface area contributed by atoms with Crippen molar-refractivity contribution in [2.24, 2.45) is 5.92 Å². The lowest BCUT2D eigenvalue weighted by atomic mass is 9.96. The smallest absolute Gasteiger partial charge is 0.241 e. The van der Waals surface area contributed by atoms with Crippen LogP contribution in [-0.2, 0) is 17.1 Å². The molecule has 0 bridgehead atoms. The van der Waals surface area contributed by atoms with Crippen LogP contribution in [0.4, 0.5) is 0 Å². The Balaban J connectivity index is 1.16. The third-order valence-corrected chi connectivity index (χ3v) is 7.43. The van der Waals surface area contributed by atoms with E-state index in [0.29, 0.717) is 40.4 Å². The van der Waals surface area contributed by atoms with E-state index in [1.165, 1.54) is 11.1 Å². The molecule has 4 rings (SSSR count). The van der Waals surface area contributed by atoms with Gasteiger partial charge in [0.25, 0.3) is 0 Å². The van der Waals surface area contributed by atoms with Gasteiger partial charge in [-0.25, -0.2) is 0 Å². The molecule has 1 aliphatic heterocycles. The summed E-state index contributed by atoms with van der Waals surface area (Å²) < 4.78 is 5.42. The van der Waals surface area contributed by atoms with Gasteiger partial charge in [0, 0.05) is 34.6 Å². The van der Waals surface area contributed by atoms with Crippen LogP contribution in [0.25, 0.3) is 11.4 Å². The normalized spacial score (nSPS) is 14.9. The van der Waals surface area contributed by atoms with Crippen molar-refractivity contribution in [3.8, 4) is 11.4 Å². The molecule has 2 aromatic carbocycles. The molecular formula is C25H28Cl2N4O2S. The first kappa shape index (κ1) is 25.0. The molecule has 0 saturated carbocycles. The summed E-state index contributed by atoms with van der Waals surface area (Å²) in [5.41, 5.74) is 3.30. The van der Waals surface area contributed by atoms with Gasteiger partial charge in [0.05, 0.1) is 11.6 Å². The van der Waals surface area contributed by atoms with Crippen LogP contribution in [0.1, 0.15) is 29.9 Å². The van der Waals surface area contributed by atoms with Crippen molar-refractivity contribution in [2.45, 2.75) is 32.1 Å². The van der Waals surface area contributed by atoms with Gasteiger partial charge in [0.15, 0.2) is 0 Å². The summed E-state index contributed by atoms with van der Waals surface area (Å²) >= 11 is 14.0. The number of nitrogens with zero attached hydrogens (tertiary/aromatic N) is 3. The van der Waals surface area contributed by atoms with E-state index in [4.69, 9.17) is 27.7 Å². The van der Waals surface area contributed by atoms with Crippen LogP contribution in [0, 0.1) is 12.8 Å². The highest BCUT2D eigenvalue weighted by Gasteiger charge is 2.26. The second kappa shape index (κ2) is 12.1. The Kier molecular flexibility index (Phi) is 8.89. The zero-order valence-corrected chi connectivity index (χ0v) is 21.4. The molecule has 1 N–H and O–H groups in total. The van der Waals surface area contributed by atoms with Gasteiger partial charge < -0.3 is 9.84 Å². The van der Waals surface area contributed by atoms with Gasteiger partial charge in [-0.2, -0.15) is 16.7 Å². The Hall–Kier alpha value is -2.06. The summed E-state index contributed by atoms with van der Waals surface area (Å²) in [6, 6.07) is 13.7. The van der Waals surface area contributed by atoms with E-state index < -0.39 is 0 Å². The second-order valence-corrected chi connectivity index (χ2v) is 10.5. The van der Waals surface area contributed by atoms with Crippen molar-refractivity contribution in [1.82, 2.24) is 20.4 Å². The zero-order chi connectivity index (χ0) is 23.9. The molecule has 2 heterocycles. The average Bonchev–Trinajstić information content (AvgIpc) is 3.27. The molecule has 0 unspecified atom stereocenters. The minimum atomic E-state index is 0.0594. The third-order valence-electron chi connectivity index (χ3n) is 5.85. The number of nitrogens with one attached hydrogen (secondary N) is 1. The van der Waals surface area contributed by atoms with Crippen LogP contribution in [0.5, 0.6) is 0 Å². The van der Waals surface area contributed by atoms with E-state index in [-0.39, 0.29) is 11.8 Å². The largest absolute Gasteiger partial charge is 0.355 e. The summed E-state index contributed by atoms with van der Waals surface area (Å²) in [6.07, 6.45) is 1.65. The van der Waals surface area contributed by atoms with Gasteiger partial charge in [0.2, 0.25) is 17.6 Å². The van der Waals surface area contributed by atoms with Crippen LogP contribution in [0.2, 0.25) is 10.0 Å². The van der Waals surface area contributed by atoms with E-state index >= 15 is 0 Å². The Morgan fingerprint density at radius 2 is 2.03 bits per heavy atom. The van der Waals surface area contributed by atoms with E-state index in [1.54, 1.807) is 18.2 Å². The van der Waals surface area contributed by atoms with Crippen LogP contribution >= 0.6 is 35.0 Å². The minimum Gasteiger partial charge on any atom is -0.355 e. The number of benzene rings is 2. The Labute approximate surface area is 214 Å². The van der Waals surface area contributed by atoms with E-state index in [2.05, 4.69) is 51.5 Å². The summed E-state index contributed by atoms with van der Waals surface area (Å²) in [7, 11) is 0. The number of likely N-dealkylation sites (tertiary alicyclic amines) is 1. The van der Waals surface area contributed by atoms with Crippen LogP contribution in [0.3, 0.4) is 0 Å². The molecule has 1 fully saturated rings. The molecular weight excluding hydrogens is 491 g/mol. The number of aromatic nitrogens is 2. The van der Waals surface area contributed by atoms with Crippen molar-refractivity contribution in [3.63, 3.8) is 0 Å². The topological polar surface area (TPSA) is 71.3 Å². The number of hydrogen-bond donors (Lipinski definition) is 1. The molecule has 0 spiro atoms. The molecule has 0 radical (unpaired) electrons. The highest BCUT2D eigenvalue weighted by atomic mass is 35.5. The number of rotatable bonds is 9. The quantitative estimate of drug-likeness (QED) is 0.371. The van der Waals surface area contributed by atoms with Gasteiger partial charge in [-0.15, -0.1) is 0 Å². The van der Waals surface area contributed by atoms with Crippen molar-refractivity contribution in [1.29, 1.82) is 0 Å². The monoisotopic (exact) mass is 518 g/mol. The molecule has 9 heteroatoms. The number of thioether (sulfide) groups is 1. The van der Waals surface area contributed by atoms with Crippen molar-refractivity contribution in [2.75, 3.05) is 25.4 Å². The SMILES string of the molecule is Cc1cccc(CSCCNC(=O)C2CCN(Cc3nc(-c4ccc(Cl)cc4Cl)no3)CC2)c1. The molecule has 3 aromatic rings. The number of amides is 1. The number of halogens is 2. The summed E-state index contributed by atoms with van der Waals surface area (Å²) in [4.78, 5) is 19.3. The van der Waals surface area contributed by atoms with Crippen molar-refractivity contribution in [3.05, 3.63) is 69.5 Å². The first-order valence-electron chi connectivity index (χ1n) is 11.4. The number of piperidine rings is 1. The van der Waals surface area contributed by atoms with Gasteiger partial charge in [0.1, 0.15) is 0 Å². The first-order chi connectivity index (χ1) is 16.5. The number of hydrogen-bond acceptors (Lipinski definition) is 6. The van der Waals surface area contributed by atoms with Gasteiger partial charge in [-0.1, -0.05) is 58.2 Å². The van der Waals surface area contributed by atoms with E-state index in [0.717, 1.165) is 37.4 Å². The van der Waals surface area contributed by atoms with Gasteiger partial charge in [-0.05, 0) is 56.6 Å². The lowest BCUT2D eigenvalue weighted by Gasteiger charge is -2.30. The summed E-state index contributed by atoms with van der Waals surface area (Å²) in [5.74, 6) is 3.09. The van der Waals surface area contributed by atoms with Gasteiger partial charge >= 0.3 is 0 Å². The molecule has 180 valence electrons. The third kappa shape index (κ3) is 6.98. The molecule has 34 heavy (non-hydrogen) atoms. The maximum absolute atomic E-state index is 12.6. The van der Waals surface area contributed by atoms with Crippen LogP contribution < -0.4 is 5.32 Å². The molecule has 0 atom stereocenters. The van der Waals surface area contributed by atoms with Crippen molar-refractivity contribution >= 4 is 40.9 Å². The van der Waals surface area contributed by atoms with Crippen LogP contribution in [0.15, 0.2) is 47.0 Å². The van der Waals surface area contributed by atoms with Crippen molar-refractivity contribution < 1.29 is 9.32 Å². The van der Waals surface area contributed by atoms with E-state index in [9.17, 15) is 4.79 Å². The summed E-state index contributed by atoms with van der Waals surface area (Å²) in [6.45, 7) is 5.01. The average molecular weight is 519 g/mol. The zero-order valence-electron chi connectivity index (χ0n) is 19.1. The summed E-state index contributed by atoms with van der Waals surface area (Å²) in [5, 5.41) is 8.20. The molecule has 0 aliphatic carbocycles. The number of aryl methyl sites for hydroxylation is 1. The van der Waals surface area contributed by atoms with Gasteiger partial charge in [-0.3, -0.25) is 9.69 Å². The number of carbonyl (C=O) groups excluding carboxylic acids is 1. The Morgan fingerprint density at radius 1 is 1.21 bits per heavy atom. The highest BCUT2D eigenvalue weighted by molar-refractivity contribution is 7.98. The van der Waals surface area contributed by atoms with E-state index in [1.807, 2.05) is 11.8 Å². The lowest BCUT2D eigenvalue weighted by molar-refractivity contribution is -0.126. The molecule has 1 amide bonds. The fraction of sp³-hybridized carbons (Fsp3) is 0.400. The molecule has 1 aliphatic rings. The predicted octanol–water partition coefficient (Wildman–Crippen LogP) is 5.61. The predicted molar refractivity (Wildman–Crippen MR) is 138 cm³/mol. The Bertz CT molecular complexity index is 1120. The lowest BCUT2D eigenvalue weighted by Crippen LogP contribution is -2.40. The maximum Gasteiger partial charge on any atom is 0.241 e. The van der Waals surface area contributed by atoms with Crippen LogP contribution in [-0.4, -0.2) is 46.3 Å². The fourth-order valence-corrected chi connectivity index (χ4v) is 5.33. The molecule has 6 nitrogen and oxygen atoms in total.